The Kier molecular flexibility index (Phi) is 7.82. The van der Waals surface area contributed by atoms with E-state index in [1.807, 2.05) is 37.3 Å². The number of ether oxygens (including phenoxy) is 1. The van der Waals surface area contributed by atoms with Crippen molar-refractivity contribution >= 4 is 35.1 Å². The van der Waals surface area contributed by atoms with Crippen LogP contribution in [0.25, 0.3) is 0 Å². The van der Waals surface area contributed by atoms with Gasteiger partial charge in [-0.15, -0.1) is 0 Å². The molecule has 0 aliphatic heterocycles. The maximum atomic E-state index is 11.8. The van der Waals surface area contributed by atoms with E-state index in [9.17, 15) is 14.4 Å². The van der Waals surface area contributed by atoms with Gasteiger partial charge in [0.15, 0.2) is 6.61 Å². The van der Waals surface area contributed by atoms with Gasteiger partial charge in [-0.05, 0) is 30.2 Å². The molecule has 0 aliphatic carbocycles. The van der Waals surface area contributed by atoms with Crippen LogP contribution in [-0.2, 0) is 25.7 Å². The molecule has 2 N–H and O–H groups in total. The first-order valence-corrected chi connectivity index (χ1v) is 8.84. The molecule has 0 aromatic heterocycles. The Morgan fingerprint density at radius 2 is 1.74 bits per heavy atom. The molecule has 0 fully saturated rings. The van der Waals surface area contributed by atoms with Crippen LogP contribution in [0.3, 0.4) is 0 Å². The van der Waals surface area contributed by atoms with Gasteiger partial charge in [-0.25, -0.2) is 0 Å². The zero-order valence-corrected chi connectivity index (χ0v) is 15.7. The zero-order valence-electron chi connectivity index (χ0n) is 15.0. The first-order valence-electron chi connectivity index (χ1n) is 8.46. The van der Waals surface area contributed by atoms with Crippen molar-refractivity contribution in [1.29, 1.82) is 0 Å². The smallest absolute Gasteiger partial charge is 0.306 e. The van der Waals surface area contributed by atoms with Crippen LogP contribution in [-0.4, -0.2) is 24.4 Å². The summed E-state index contributed by atoms with van der Waals surface area (Å²) in [6, 6.07) is 14.6. The van der Waals surface area contributed by atoms with Gasteiger partial charge in [0, 0.05) is 23.7 Å². The minimum Gasteiger partial charge on any atom is -0.456 e. The summed E-state index contributed by atoms with van der Waals surface area (Å²) < 4.78 is 4.88. The highest BCUT2D eigenvalue weighted by Gasteiger charge is 2.11. The van der Waals surface area contributed by atoms with Gasteiger partial charge >= 0.3 is 5.97 Å². The molecule has 0 heterocycles. The van der Waals surface area contributed by atoms with E-state index < -0.39 is 18.5 Å². The Bertz CT molecular complexity index is 809. The highest BCUT2D eigenvalue weighted by Crippen LogP contribution is 2.19. The van der Waals surface area contributed by atoms with Crippen LogP contribution in [0.15, 0.2) is 48.5 Å². The van der Waals surface area contributed by atoms with Gasteiger partial charge in [0.25, 0.3) is 5.91 Å². The summed E-state index contributed by atoms with van der Waals surface area (Å²) >= 11 is 5.99. The third-order valence-electron chi connectivity index (χ3n) is 3.71. The molecule has 142 valence electrons. The summed E-state index contributed by atoms with van der Waals surface area (Å²) in [5.41, 5.74) is 2.39. The Morgan fingerprint density at radius 1 is 1.00 bits per heavy atom. The highest BCUT2D eigenvalue weighted by atomic mass is 35.5. The summed E-state index contributed by atoms with van der Waals surface area (Å²) in [7, 11) is 0. The molecule has 7 heteroatoms. The van der Waals surface area contributed by atoms with Crippen molar-refractivity contribution < 1.29 is 19.1 Å². The molecule has 6 nitrogen and oxygen atoms in total. The molecule has 2 aromatic carbocycles. The van der Waals surface area contributed by atoms with Crippen LogP contribution < -0.4 is 10.6 Å². The molecule has 2 amide bonds. The number of hydrogen-bond donors (Lipinski definition) is 2. The van der Waals surface area contributed by atoms with E-state index in [-0.39, 0.29) is 18.7 Å². The van der Waals surface area contributed by atoms with Gasteiger partial charge in [0.2, 0.25) is 5.91 Å². The molecule has 0 spiro atoms. The SMILES string of the molecule is Cc1ccc(NC(=O)COC(=O)CCC(=O)NCc2ccccc2)cc1Cl. The summed E-state index contributed by atoms with van der Waals surface area (Å²) in [6.07, 6.45) is -0.0921. The van der Waals surface area contributed by atoms with E-state index in [1.165, 1.54) is 0 Å². The minimum atomic E-state index is -0.609. The van der Waals surface area contributed by atoms with Crippen LogP contribution in [0, 0.1) is 6.92 Å². The van der Waals surface area contributed by atoms with Crippen molar-refractivity contribution in [2.75, 3.05) is 11.9 Å². The largest absolute Gasteiger partial charge is 0.456 e. The van der Waals surface area contributed by atoms with E-state index in [0.29, 0.717) is 17.3 Å². The lowest BCUT2D eigenvalue weighted by atomic mass is 10.2. The Hall–Kier alpha value is -2.86. The Morgan fingerprint density at radius 3 is 2.44 bits per heavy atom. The number of nitrogens with one attached hydrogen (secondary N) is 2. The normalized spacial score (nSPS) is 10.1. The third-order valence-corrected chi connectivity index (χ3v) is 4.12. The average Bonchev–Trinajstić information content (AvgIpc) is 2.67. The molecule has 2 aromatic rings. The van der Waals surface area contributed by atoms with Crippen LogP contribution in [0.1, 0.15) is 24.0 Å². The topological polar surface area (TPSA) is 84.5 Å². The lowest BCUT2D eigenvalue weighted by molar-refractivity contribution is -0.148. The van der Waals surface area contributed by atoms with Crippen LogP contribution in [0.4, 0.5) is 5.69 Å². The maximum Gasteiger partial charge on any atom is 0.306 e. The molecule has 2 rings (SSSR count). The second kappa shape index (κ2) is 10.3. The minimum absolute atomic E-state index is 0.000849. The molecular weight excluding hydrogens is 368 g/mol. The predicted molar refractivity (Wildman–Crippen MR) is 103 cm³/mol. The van der Waals surface area contributed by atoms with Gasteiger partial charge in [-0.2, -0.15) is 0 Å². The number of amides is 2. The maximum absolute atomic E-state index is 11.8. The quantitative estimate of drug-likeness (QED) is 0.680. The fourth-order valence-electron chi connectivity index (χ4n) is 2.19. The molecule has 0 aliphatic rings. The van der Waals surface area contributed by atoms with Crippen molar-refractivity contribution in [3.8, 4) is 0 Å². The van der Waals surface area contributed by atoms with Crippen molar-refractivity contribution in [3.05, 3.63) is 64.7 Å². The Balaban J connectivity index is 1.64. The van der Waals surface area contributed by atoms with Crippen LogP contribution in [0.5, 0.6) is 0 Å². The predicted octanol–water partition coefficient (Wildman–Crippen LogP) is 3.23. The van der Waals surface area contributed by atoms with E-state index in [1.54, 1.807) is 18.2 Å². The number of carbonyl (C=O) groups excluding carboxylic acids is 3. The summed E-state index contributed by atoms with van der Waals surface area (Å²) in [5.74, 6) is -1.34. The number of esters is 1. The molecule has 27 heavy (non-hydrogen) atoms. The highest BCUT2D eigenvalue weighted by molar-refractivity contribution is 6.31. The zero-order chi connectivity index (χ0) is 19.6. The first kappa shape index (κ1) is 20.5. The lowest BCUT2D eigenvalue weighted by Gasteiger charge is -2.08. The van der Waals surface area contributed by atoms with Crippen LogP contribution >= 0.6 is 11.6 Å². The fraction of sp³-hybridized carbons (Fsp3) is 0.250. The van der Waals surface area contributed by atoms with Gasteiger partial charge in [-0.1, -0.05) is 48.0 Å². The van der Waals surface area contributed by atoms with Crippen molar-refractivity contribution in [2.45, 2.75) is 26.3 Å². The average molecular weight is 389 g/mol. The van der Waals surface area contributed by atoms with Crippen molar-refractivity contribution in [2.24, 2.45) is 0 Å². The third kappa shape index (κ3) is 7.50. The molecule has 0 saturated heterocycles. The molecule has 0 radical (unpaired) electrons. The van der Waals surface area contributed by atoms with Gasteiger partial charge in [0.1, 0.15) is 0 Å². The molecular formula is C20H21ClN2O4. The number of halogens is 1. The van der Waals surface area contributed by atoms with E-state index in [4.69, 9.17) is 16.3 Å². The number of anilines is 1. The lowest BCUT2D eigenvalue weighted by Crippen LogP contribution is -2.25. The summed E-state index contributed by atoms with van der Waals surface area (Å²) in [4.78, 5) is 35.2. The monoisotopic (exact) mass is 388 g/mol. The Labute approximate surface area is 162 Å². The fourth-order valence-corrected chi connectivity index (χ4v) is 2.37. The molecule has 0 saturated carbocycles. The molecule has 0 unspecified atom stereocenters. The number of hydrogen-bond acceptors (Lipinski definition) is 4. The van der Waals surface area contributed by atoms with Crippen molar-refractivity contribution in [3.63, 3.8) is 0 Å². The van der Waals surface area contributed by atoms with Gasteiger partial charge in [-0.3, -0.25) is 14.4 Å². The van der Waals surface area contributed by atoms with Gasteiger partial charge in [0.05, 0.1) is 6.42 Å². The standard InChI is InChI=1S/C20H21ClN2O4/c1-14-7-8-16(11-17(14)21)23-19(25)13-27-20(26)10-9-18(24)22-12-15-5-3-2-4-6-15/h2-8,11H,9-10,12-13H2,1H3,(H,22,24)(H,23,25). The number of carbonyl (C=O) groups is 3. The second-order valence-corrected chi connectivity index (χ2v) is 6.34. The van der Waals surface area contributed by atoms with E-state index >= 15 is 0 Å². The molecule has 0 bridgehead atoms. The number of rotatable bonds is 8. The van der Waals surface area contributed by atoms with E-state index in [0.717, 1.165) is 11.1 Å². The number of benzene rings is 2. The summed E-state index contributed by atoms with van der Waals surface area (Å²) in [5, 5.41) is 5.85. The van der Waals surface area contributed by atoms with Crippen molar-refractivity contribution in [1.82, 2.24) is 5.32 Å². The summed E-state index contributed by atoms with van der Waals surface area (Å²) in [6.45, 7) is 1.83. The molecule has 0 atom stereocenters. The number of aryl methyl sites for hydroxylation is 1. The first-order chi connectivity index (χ1) is 12.9. The van der Waals surface area contributed by atoms with Crippen LogP contribution in [0.2, 0.25) is 5.02 Å². The van der Waals surface area contributed by atoms with Gasteiger partial charge < -0.3 is 15.4 Å². The second-order valence-electron chi connectivity index (χ2n) is 5.94. The van der Waals surface area contributed by atoms with E-state index in [2.05, 4.69) is 10.6 Å².